The fraction of sp³-hybridized carbons (Fsp3) is 0.615. The van der Waals surface area contributed by atoms with Crippen LogP contribution in [0.2, 0.25) is 0 Å². The standard InChI is InChI=1S/C13H15F3N6O2S/c1-7-18-21-12(25-7)17-9(23)6-22-4-2-8(3-5-22)10-19-20-11(24-10)13(14,15)16/h8H,2-6H2,1H3,(H,17,21,23). The van der Waals surface area contributed by atoms with Crippen molar-refractivity contribution in [2.24, 2.45) is 0 Å². The molecule has 1 fully saturated rings. The highest BCUT2D eigenvalue weighted by Gasteiger charge is 2.39. The van der Waals surface area contributed by atoms with Crippen molar-refractivity contribution in [2.45, 2.75) is 31.9 Å². The minimum Gasteiger partial charge on any atom is -0.417 e. The molecule has 12 heteroatoms. The normalized spacial score (nSPS) is 17.0. The first-order chi connectivity index (χ1) is 11.8. The lowest BCUT2D eigenvalue weighted by molar-refractivity contribution is -0.157. The lowest BCUT2D eigenvalue weighted by Crippen LogP contribution is -2.38. The number of alkyl halides is 3. The summed E-state index contributed by atoms with van der Waals surface area (Å²) in [6, 6.07) is 0. The van der Waals surface area contributed by atoms with Crippen LogP contribution in [-0.4, -0.2) is 50.8 Å². The largest absolute Gasteiger partial charge is 0.470 e. The summed E-state index contributed by atoms with van der Waals surface area (Å²) in [7, 11) is 0. The van der Waals surface area contributed by atoms with Crippen LogP contribution in [0.3, 0.4) is 0 Å². The Morgan fingerprint density at radius 3 is 2.56 bits per heavy atom. The first-order valence-corrected chi connectivity index (χ1v) is 8.36. The van der Waals surface area contributed by atoms with Gasteiger partial charge in [-0.3, -0.25) is 15.0 Å². The zero-order chi connectivity index (χ0) is 18.0. The molecule has 3 rings (SSSR count). The Labute approximate surface area is 144 Å². The highest BCUT2D eigenvalue weighted by Crippen LogP contribution is 2.32. The highest BCUT2D eigenvalue weighted by molar-refractivity contribution is 7.15. The fourth-order valence-corrected chi connectivity index (χ4v) is 3.17. The second-order valence-corrected chi connectivity index (χ2v) is 6.85. The molecule has 0 aromatic carbocycles. The number of hydrogen-bond donors (Lipinski definition) is 1. The average Bonchev–Trinajstić information content (AvgIpc) is 3.17. The van der Waals surface area contributed by atoms with E-state index in [1.54, 1.807) is 6.92 Å². The zero-order valence-electron chi connectivity index (χ0n) is 13.2. The number of piperidine rings is 1. The molecule has 0 bridgehead atoms. The Morgan fingerprint density at radius 2 is 2.00 bits per heavy atom. The molecule has 0 radical (unpaired) electrons. The van der Waals surface area contributed by atoms with Gasteiger partial charge in [-0.1, -0.05) is 11.3 Å². The second-order valence-electron chi connectivity index (χ2n) is 5.67. The van der Waals surface area contributed by atoms with Crippen molar-refractivity contribution >= 4 is 22.4 Å². The van der Waals surface area contributed by atoms with Crippen molar-refractivity contribution in [3.8, 4) is 0 Å². The summed E-state index contributed by atoms with van der Waals surface area (Å²) in [5.74, 6) is -1.75. The molecule has 1 amide bonds. The maximum absolute atomic E-state index is 12.5. The maximum atomic E-state index is 12.5. The number of hydrogen-bond acceptors (Lipinski definition) is 8. The highest BCUT2D eigenvalue weighted by atomic mass is 32.1. The van der Waals surface area contributed by atoms with E-state index in [1.807, 2.05) is 4.90 Å². The number of rotatable bonds is 4. The quantitative estimate of drug-likeness (QED) is 0.872. The summed E-state index contributed by atoms with van der Waals surface area (Å²) < 4.78 is 42.2. The van der Waals surface area contributed by atoms with Gasteiger partial charge in [-0.05, 0) is 32.9 Å². The van der Waals surface area contributed by atoms with Crippen LogP contribution >= 0.6 is 11.3 Å². The first-order valence-electron chi connectivity index (χ1n) is 7.54. The molecule has 0 aliphatic carbocycles. The predicted octanol–water partition coefficient (Wildman–Crippen LogP) is 2.07. The van der Waals surface area contributed by atoms with E-state index >= 15 is 0 Å². The summed E-state index contributed by atoms with van der Waals surface area (Å²) >= 11 is 1.29. The number of anilines is 1. The summed E-state index contributed by atoms with van der Waals surface area (Å²) in [4.78, 5) is 13.9. The number of amides is 1. The molecule has 0 atom stereocenters. The Hall–Kier alpha value is -2.08. The van der Waals surface area contributed by atoms with Gasteiger partial charge in [0.05, 0.1) is 6.54 Å². The lowest BCUT2D eigenvalue weighted by atomic mass is 9.97. The molecule has 25 heavy (non-hydrogen) atoms. The van der Waals surface area contributed by atoms with Gasteiger partial charge in [0.1, 0.15) is 5.01 Å². The predicted molar refractivity (Wildman–Crippen MR) is 81.0 cm³/mol. The van der Waals surface area contributed by atoms with Crippen LogP contribution in [0.25, 0.3) is 0 Å². The summed E-state index contributed by atoms with van der Waals surface area (Å²) in [6.07, 6.45) is -3.54. The van der Waals surface area contributed by atoms with E-state index in [0.29, 0.717) is 31.1 Å². The molecular formula is C13H15F3N6O2S. The maximum Gasteiger partial charge on any atom is 0.470 e. The molecule has 2 aromatic heterocycles. The Kier molecular flexibility index (Phi) is 4.99. The minimum absolute atomic E-state index is 0.000705. The molecule has 2 aromatic rings. The third-order valence-corrected chi connectivity index (χ3v) is 4.51. The number of halogens is 3. The van der Waals surface area contributed by atoms with E-state index in [-0.39, 0.29) is 24.3 Å². The van der Waals surface area contributed by atoms with Crippen molar-refractivity contribution in [3.05, 3.63) is 16.8 Å². The monoisotopic (exact) mass is 376 g/mol. The summed E-state index contributed by atoms with van der Waals surface area (Å²) in [5, 5.41) is 18.1. The van der Waals surface area contributed by atoms with Crippen molar-refractivity contribution < 1.29 is 22.4 Å². The van der Waals surface area contributed by atoms with Crippen molar-refractivity contribution in [3.63, 3.8) is 0 Å². The third kappa shape index (κ3) is 4.51. The van der Waals surface area contributed by atoms with Crippen molar-refractivity contribution in [2.75, 3.05) is 25.0 Å². The van der Waals surface area contributed by atoms with E-state index in [9.17, 15) is 18.0 Å². The van der Waals surface area contributed by atoms with Gasteiger partial charge in [-0.15, -0.1) is 20.4 Å². The first kappa shape index (κ1) is 17.7. The van der Waals surface area contributed by atoms with Crippen LogP contribution in [0.15, 0.2) is 4.42 Å². The van der Waals surface area contributed by atoms with E-state index in [4.69, 9.17) is 4.42 Å². The molecule has 8 nitrogen and oxygen atoms in total. The third-order valence-electron chi connectivity index (χ3n) is 3.76. The molecule has 1 aliphatic heterocycles. The van der Waals surface area contributed by atoms with Crippen LogP contribution in [0.1, 0.15) is 35.5 Å². The molecule has 1 N–H and O–H groups in total. The average molecular weight is 376 g/mol. The van der Waals surface area contributed by atoms with E-state index in [0.717, 1.165) is 5.01 Å². The van der Waals surface area contributed by atoms with Gasteiger partial charge in [0, 0.05) is 5.92 Å². The van der Waals surface area contributed by atoms with E-state index < -0.39 is 12.1 Å². The number of carbonyl (C=O) groups is 1. The molecule has 0 saturated carbocycles. The SMILES string of the molecule is Cc1nnc(NC(=O)CN2CCC(c3nnc(C(F)(F)F)o3)CC2)s1. The number of carbonyl (C=O) groups excluding carboxylic acids is 1. The van der Waals surface area contributed by atoms with Gasteiger partial charge in [0.25, 0.3) is 0 Å². The van der Waals surface area contributed by atoms with E-state index in [2.05, 4.69) is 25.7 Å². The number of likely N-dealkylation sites (tertiary alicyclic amines) is 1. The van der Waals surface area contributed by atoms with Gasteiger partial charge in [0.2, 0.25) is 16.9 Å². The topological polar surface area (TPSA) is 97.0 Å². The van der Waals surface area contributed by atoms with Crippen LogP contribution in [0, 0.1) is 6.92 Å². The minimum atomic E-state index is -4.63. The summed E-state index contributed by atoms with van der Waals surface area (Å²) in [5.41, 5.74) is 0. The van der Waals surface area contributed by atoms with Gasteiger partial charge in [-0.2, -0.15) is 13.2 Å². The van der Waals surface area contributed by atoms with Gasteiger partial charge >= 0.3 is 12.1 Å². The summed E-state index contributed by atoms with van der Waals surface area (Å²) in [6.45, 7) is 3.08. The lowest BCUT2D eigenvalue weighted by Gasteiger charge is -2.29. The second kappa shape index (κ2) is 7.04. The Balaban J connectivity index is 1.48. The van der Waals surface area contributed by atoms with Gasteiger partial charge < -0.3 is 4.42 Å². The number of nitrogens with one attached hydrogen (secondary N) is 1. The van der Waals surface area contributed by atoms with Gasteiger partial charge in [0.15, 0.2) is 0 Å². The molecule has 3 heterocycles. The molecule has 1 aliphatic rings. The molecule has 1 saturated heterocycles. The smallest absolute Gasteiger partial charge is 0.417 e. The number of aromatic nitrogens is 4. The fourth-order valence-electron chi connectivity index (χ4n) is 2.56. The zero-order valence-corrected chi connectivity index (χ0v) is 14.0. The van der Waals surface area contributed by atoms with Crippen LogP contribution in [0.5, 0.6) is 0 Å². The molecule has 0 spiro atoms. The molecular weight excluding hydrogens is 361 g/mol. The van der Waals surface area contributed by atoms with Gasteiger partial charge in [-0.25, -0.2) is 0 Å². The number of nitrogens with zero attached hydrogens (tertiary/aromatic N) is 5. The van der Waals surface area contributed by atoms with Crippen LogP contribution < -0.4 is 5.32 Å². The van der Waals surface area contributed by atoms with Crippen molar-refractivity contribution in [1.29, 1.82) is 0 Å². The molecule has 0 unspecified atom stereocenters. The Morgan fingerprint density at radius 1 is 1.28 bits per heavy atom. The van der Waals surface area contributed by atoms with Crippen molar-refractivity contribution in [1.82, 2.24) is 25.3 Å². The van der Waals surface area contributed by atoms with E-state index in [1.165, 1.54) is 11.3 Å². The Bertz CT molecular complexity index is 738. The molecule has 136 valence electrons. The number of aryl methyl sites for hydroxylation is 1. The van der Waals surface area contributed by atoms with Crippen LogP contribution in [-0.2, 0) is 11.0 Å². The van der Waals surface area contributed by atoms with Crippen LogP contribution in [0.4, 0.5) is 18.3 Å².